The second kappa shape index (κ2) is 8.19. The average Bonchev–Trinajstić information content (AvgIpc) is 3.11. The SMILES string of the molecule is CCC1(CNC(=NC)NCc2ccccc2Cn2cccn2)CCC1. The van der Waals surface area contributed by atoms with E-state index in [0.717, 1.165) is 25.6 Å². The Labute approximate surface area is 150 Å². The number of nitrogens with zero attached hydrogens (tertiary/aromatic N) is 3. The number of aromatic nitrogens is 2. The molecule has 2 N–H and O–H groups in total. The molecule has 0 saturated heterocycles. The molecule has 0 spiro atoms. The van der Waals surface area contributed by atoms with Crippen LogP contribution in [-0.2, 0) is 13.1 Å². The lowest BCUT2D eigenvalue weighted by atomic mass is 9.67. The van der Waals surface area contributed by atoms with Crippen LogP contribution in [-0.4, -0.2) is 29.3 Å². The summed E-state index contributed by atoms with van der Waals surface area (Å²) in [6, 6.07) is 10.4. The van der Waals surface area contributed by atoms with E-state index in [1.54, 1.807) is 0 Å². The summed E-state index contributed by atoms with van der Waals surface area (Å²) in [4.78, 5) is 4.38. The van der Waals surface area contributed by atoms with E-state index in [9.17, 15) is 0 Å². The van der Waals surface area contributed by atoms with Crippen molar-refractivity contribution in [1.29, 1.82) is 0 Å². The molecular formula is C20H29N5. The summed E-state index contributed by atoms with van der Waals surface area (Å²) in [5.41, 5.74) is 3.03. The van der Waals surface area contributed by atoms with E-state index in [-0.39, 0.29) is 0 Å². The van der Waals surface area contributed by atoms with Gasteiger partial charge in [0.05, 0.1) is 6.54 Å². The lowest BCUT2D eigenvalue weighted by Crippen LogP contribution is -2.46. The highest BCUT2D eigenvalue weighted by molar-refractivity contribution is 5.79. The first kappa shape index (κ1) is 17.5. The predicted molar refractivity (Wildman–Crippen MR) is 103 cm³/mol. The van der Waals surface area contributed by atoms with Crippen molar-refractivity contribution in [2.45, 2.75) is 45.7 Å². The van der Waals surface area contributed by atoms with Gasteiger partial charge in [-0.2, -0.15) is 5.10 Å². The number of benzene rings is 1. The molecule has 134 valence electrons. The Morgan fingerprint density at radius 2 is 2.00 bits per heavy atom. The van der Waals surface area contributed by atoms with E-state index in [1.165, 1.54) is 36.8 Å². The molecule has 5 heteroatoms. The van der Waals surface area contributed by atoms with Crippen LogP contribution in [0.1, 0.15) is 43.7 Å². The van der Waals surface area contributed by atoms with Gasteiger partial charge in [-0.05, 0) is 41.9 Å². The Hall–Kier alpha value is -2.30. The van der Waals surface area contributed by atoms with Gasteiger partial charge < -0.3 is 10.6 Å². The number of nitrogens with one attached hydrogen (secondary N) is 2. The summed E-state index contributed by atoms with van der Waals surface area (Å²) in [7, 11) is 1.84. The maximum atomic E-state index is 4.38. The van der Waals surface area contributed by atoms with Gasteiger partial charge in [-0.3, -0.25) is 9.67 Å². The highest BCUT2D eigenvalue weighted by Gasteiger charge is 2.34. The Kier molecular flexibility index (Phi) is 5.74. The molecule has 0 atom stereocenters. The molecule has 25 heavy (non-hydrogen) atoms. The minimum absolute atomic E-state index is 0.482. The zero-order valence-corrected chi connectivity index (χ0v) is 15.3. The molecule has 1 aromatic carbocycles. The maximum absolute atomic E-state index is 4.38. The van der Waals surface area contributed by atoms with Gasteiger partial charge in [-0.25, -0.2) is 0 Å². The minimum Gasteiger partial charge on any atom is -0.356 e. The molecule has 0 unspecified atom stereocenters. The Morgan fingerprint density at radius 1 is 1.20 bits per heavy atom. The van der Waals surface area contributed by atoms with Gasteiger partial charge in [0.2, 0.25) is 0 Å². The van der Waals surface area contributed by atoms with Gasteiger partial charge in [0.25, 0.3) is 0 Å². The molecule has 3 rings (SSSR count). The van der Waals surface area contributed by atoms with Crippen molar-refractivity contribution in [3.8, 4) is 0 Å². The predicted octanol–water partition coefficient (Wildman–Crippen LogP) is 3.18. The van der Waals surface area contributed by atoms with Crippen molar-refractivity contribution in [1.82, 2.24) is 20.4 Å². The largest absolute Gasteiger partial charge is 0.356 e. The van der Waals surface area contributed by atoms with E-state index < -0.39 is 0 Å². The molecule has 0 bridgehead atoms. The van der Waals surface area contributed by atoms with Gasteiger partial charge >= 0.3 is 0 Å². The van der Waals surface area contributed by atoms with Crippen LogP contribution in [0, 0.1) is 5.41 Å². The normalized spacial score (nSPS) is 16.3. The lowest BCUT2D eigenvalue weighted by molar-refractivity contribution is 0.131. The summed E-state index contributed by atoms with van der Waals surface area (Å²) in [5, 5.41) is 11.3. The summed E-state index contributed by atoms with van der Waals surface area (Å²) in [6.07, 6.45) is 9.08. The smallest absolute Gasteiger partial charge is 0.191 e. The maximum Gasteiger partial charge on any atom is 0.191 e. The number of guanidine groups is 1. The van der Waals surface area contributed by atoms with Gasteiger partial charge in [0.15, 0.2) is 5.96 Å². The molecular weight excluding hydrogens is 310 g/mol. The molecule has 1 heterocycles. The van der Waals surface area contributed by atoms with Crippen LogP contribution >= 0.6 is 0 Å². The van der Waals surface area contributed by atoms with E-state index in [4.69, 9.17) is 0 Å². The molecule has 1 aliphatic carbocycles. The van der Waals surface area contributed by atoms with Crippen LogP contribution in [0.15, 0.2) is 47.7 Å². The fraction of sp³-hybridized carbons (Fsp3) is 0.500. The third-order valence-corrected chi connectivity index (χ3v) is 5.47. The van der Waals surface area contributed by atoms with Crippen LogP contribution in [0.3, 0.4) is 0 Å². The van der Waals surface area contributed by atoms with Crippen molar-refractivity contribution < 1.29 is 0 Å². The van der Waals surface area contributed by atoms with Crippen LogP contribution in [0.25, 0.3) is 0 Å². The third kappa shape index (κ3) is 4.41. The van der Waals surface area contributed by atoms with Gasteiger partial charge in [-0.1, -0.05) is 37.6 Å². The first-order chi connectivity index (χ1) is 12.2. The van der Waals surface area contributed by atoms with E-state index >= 15 is 0 Å². The van der Waals surface area contributed by atoms with Crippen LogP contribution < -0.4 is 10.6 Å². The zero-order valence-electron chi connectivity index (χ0n) is 15.3. The monoisotopic (exact) mass is 339 g/mol. The highest BCUT2D eigenvalue weighted by Crippen LogP contribution is 2.42. The molecule has 1 saturated carbocycles. The van der Waals surface area contributed by atoms with E-state index in [1.807, 2.05) is 30.2 Å². The van der Waals surface area contributed by atoms with Gasteiger partial charge in [0, 0.05) is 32.5 Å². The summed E-state index contributed by atoms with van der Waals surface area (Å²) in [6.45, 7) is 4.85. The Morgan fingerprint density at radius 3 is 2.60 bits per heavy atom. The standard InChI is InChI=1S/C20H29N5/c1-3-20(10-6-11-20)16-23-19(21-2)22-14-17-8-4-5-9-18(17)15-25-13-7-12-24-25/h4-5,7-9,12-13H,3,6,10-11,14-16H2,1-2H3,(H2,21,22,23). The van der Waals surface area contributed by atoms with E-state index in [2.05, 4.69) is 51.9 Å². The van der Waals surface area contributed by atoms with Gasteiger partial charge in [0.1, 0.15) is 0 Å². The Balaban J connectivity index is 1.56. The summed E-state index contributed by atoms with van der Waals surface area (Å²) < 4.78 is 1.95. The zero-order chi connectivity index (χ0) is 17.5. The summed E-state index contributed by atoms with van der Waals surface area (Å²) in [5.74, 6) is 0.883. The van der Waals surface area contributed by atoms with Crippen molar-refractivity contribution >= 4 is 5.96 Å². The average molecular weight is 339 g/mol. The second-order valence-corrected chi connectivity index (χ2v) is 6.96. The fourth-order valence-electron chi connectivity index (χ4n) is 3.46. The molecule has 0 aliphatic heterocycles. The topological polar surface area (TPSA) is 54.2 Å². The minimum atomic E-state index is 0.482. The third-order valence-electron chi connectivity index (χ3n) is 5.47. The number of aliphatic imine (C=N–C) groups is 1. The first-order valence-corrected chi connectivity index (χ1v) is 9.23. The lowest BCUT2D eigenvalue weighted by Gasteiger charge is -2.41. The molecule has 1 fully saturated rings. The molecule has 0 radical (unpaired) electrons. The van der Waals surface area contributed by atoms with Crippen molar-refractivity contribution in [2.75, 3.05) is 13.6 Å². The number of hydrogen-bond donors (Lipinski definition) is 2. The first-order valence-electron chi connectivity index (χ1n) is 9.23. The van der Waals surface area contributed by atoms with Crippen LogP contribution in [0.4, 0.5) is 0 Å². The fourth-order valence-corrected chi connectivity index (χ4v) is 3.46. The second-order valence-electron chi connectivity index (χ2n) is 6.96. The quantitative estimate of drug-likeness (QED) is 0.602. The van der Waals surface area contributed by atoms with Crippen molar-refractivity contribution in [2.24, 2.45) is 10.4 Å². The van der Waals surface area contributed by atoms with Crippen LogP contribution in [0.2, 0.25) is 0 Å². The number of hydrogen-bond acceptors (Lipinski definition) is 2. The molecule has 1 aromatic heterocycles. The van der Waals surface area contributed by atoms with Crippen molar-refractivity contribution in [3.05, 3.63) is 53.9 Å². The molecule has 0 amide bonds. The molecule has 1 aliphatic rings. The summed E-state index contributed by atoms with van der Waals surface area (Å²) >= 11 is 0. The van der Waals surface area contributed by atoms with Crippen LogP contribution in [0.5, 0.6) is 0 Å². The van der Waals surface area contributed by atoms with E-state index in [0.29, 0.717) is 5.41 Å². The van der Waals surface area contributed by atoms with Crippen molar-refractivity contribution in [3.63, 3.8) is 0 Å². The molecule has 2 aromatic rings. The highest BCUT2D eigenvalue weighted by atomic mass is 15.3. The number of rotatable bonds is 7. The molecule has 5 nitrogen and oxygen atoms in total. The van der Waals surface area contributed by atoms with Gasteiger partial charge in [-0.15, -0.1) is 0 Å². The Bertz CT molecular complexity index is 680.